The summed E-state index contributed by atoms with van der Waals surface area (Å²) in [6.45, 7) is 2.28. The Kier molecular flexibility index (Phi) is 6.44. The number of carbonyl (C=O) groups is 1. The molecule has 134 valence electrons. The second kappa shape index (κ2) is 9.20. The van der Waals surface area contributed by atoms with E-state index in [1.165, 1.54) is 11.1 Å². The molecule has 0 bridgehead atoms. The minimum absolute atomic E-state index is 0.0133. The summed E-state index contributed by atoms with van der Waals surface area (Å²) in [7, 11) is 0. The lowest BCUT2D eigenvalue weighted by Crippen LogP contribution is -2.23. The van der Waals surface area contributed by atoms with Gasteiger partial charge in [-0.25, -0.2) is 0 Å². The molecule has 1 amide bonds. The molecule has 26 heavy (non-hydrogen) atoms. The fraction of sp³-hybridized carbons (Fsp3) is 0.250. The summed E-state index contributed by atoms with van der Waals surface area (Å²) in [6, 6.07) is 18.1. The lowest BCUT2D eigenvalue weighted by atomic mass is 10.1. The Labute approximate surface area is 157 Å². The average Bonchev–Trinajstić information content (AvgIpc) is 3.14. The summed E-state index contributed by atoms with van der Waals surface area (Å²) in [5, 5.41) is 6.78. The van der Waals surface area contributed by atoms with Crippen molar-refractivity contribution in [3.63, 3.8) is 0 Å². The van der Waals surface area contributed by atoms with Crippen LogP contribution in [0.1, 0.15) is 23.4 Å². The van der Waals surface area contributed by atoms with Gasteiger partial charge >= 0.3 is 0 Å². The predicted molar refractivity (Wildman–Crippen MR) is 104 cm³/mol. The molecular formula is C20H21N3O2S. The standard InChI is InChI=1S/C20H21N3O2S/c1-15-7-9-17(10-8-15)20-22-19(25-23-20)13-21-18(24)11-12-26-14-16-5-3-2-4-6-16/h2-10H,11-14H2,1H3,(H,21,24). The molecule has 6 heteroatoms. The van der Waals surface area contributed by atoms with E-state index in [0.29, 0.717) is 18.1 Å². The molecule has 1 heterocycles. The smallest absolute Gasteiger partial charge is 0.246 e. The highest BCUT2D eigenvalue weighted by atomic mass is 32.2. The van der Waals surface area contributed by atoms with E-state index in [9.17, 15) is 4.79 Å². The first-order valence-corrected chi connectivity index (χ1v) is 9.64. The molecule has 0 unspecified atom stereocenters. The van der Waals surface area contributed by atoms with Gasteiger partial charge in [-0.05, 0) is 12.5 Å². The molecule has 3 aromatic rings. The second-order valence-electron chi connectivity index (χ2n) is 5.94. The number of hydrogen-bond acceptors (Lipinski definition) is 5. The molecule has 1 aromatic heterocycles. The van der Waals surface area contributed by atoms with Crippen molar-refractivity contribution in [1.29, 1.82) is 0 Å². The zero-order valence-electron chi connectivity index (χ0n) is 14.6. The van der Waals surface area contributed by atoms with Crippen LogP contribution < -0.4 is 5.32 Å². The quantitative estimate of drug-likeness (QED) is 0.610. The van der Waals surface area contributed by atoms with Gasteiger partial charge in [0.1, 0.15) is 0 Å². The SMILES string of the molecule is Cc1ccc(-c2noc(CNC(=O)CCSCc3ccccc3)n2)cc1. The average molecular weight is 367 g/mol. The molecule has 0 aliphatic heterocycles. The molecule has 2 aromatic carbocycles. The highest BCUT2D eigenvalue weighted by Gasteiger charge is 2.09. The van der Waals surface area contributed by atoms with Crippen molar-refractivity contribution in [3.05, 3.63) is 71.6 Å². The number of nitrogens with one attached hydrogen (secondary N) is 1. The minimum atomic E-state index is -0.0133. The summed E-state index contributed by atoms with van der Waals surface area (Å²) in [4.78, 5) is 16.2. The number of nitrogens with zero attached hydrogens (tertiary/aromatic N) is 2. The third-order valence-electron chi connectivity index (χ3n) is 3.80. The Bertz CT molecular complexity index is 832. The van der Waals surface area contributed by atoms with Gasteiger partial charge in [0.25, 0.3) is 0 Å². The summed E-state index contributed by atoms with van der Waals surface area (Å²) >= 11 is 1.75. The van der Waals surface area contributed by atoms with E-state index < -0.39 is 0 Å². The van der Waals surface area contributed by atoms with Gasteiger partial charge < -0.3 is 9.84 Å². The largest absolute Gasteiger partial charge is 0.347 e. The molecule has 0 aliphatic carbocycles. The minimum Gasteiger partial charge on any atom is -0.347 e. The normalized spacial score (nSPS) is 10.7. The Morgan fingerprint density at radius 1 is 1.12 bits per heavy atom. The molecule has 0 spiro atoms. The van der Waals surface area contributed by atoms with Crippen LogP contribution in [0.25, 0.3) is 11.4 Å². The molecule has 0 saturated carbocycles. The zero-order chi connectivity index (χ0) is 18.2. The third kappa shape index (κ3) is 5.46. The first-order valence-electron chi connectivity index (χ1n) is 8.49. The number of amides is 1. The summed E-state index contributed by atoms with van der Waals surface area (Å²) in [6.07, 6.45) is 0.469. The summed E-state index contributed by atoms with van der Waals surface area (Å²) in [5.41, 5.74) is 3.34. The molecular weight excluding hydrogens is 346 g/mol. The van der Waals surface area contributed by atoms with Crippen molar-refractivity contribution in [2.75, 3.05) is 5.75 Å². The molecule has 3 rings (SSSR count). The van der Waals surface area contributed by atoms with Crippen LogP contribution in [0.2, 0.25) is 0 Å². The Morgan fingerprint density at radius 2 is 1.88 bits per heavy atom. The first-order chi connectivity index (χ1) is 12.7. The second-order valence-corrected chi connectivity index (χ2v) is 7.05. The molecule has 1 N–H and O–H groups in total. The molecule has 0 saturated heterocycles. The maximum absolute atomic E-state index is 11.9. The number of carbonyl (C=O) groups excluding carboxylic acids is 1. The summed E-state index contributed by atoms with van der Waals surface area (Å²) < 4.78 is 5.20. The number of aryl methyl sites for hydroxylation is 1. The van der Waals surface area contributed by atoms with Gasteiger partial charge in [0, 0.05) is 23.5 Å². The van der Waals surface area contributed by atoms with Gasteiger partial charge in [-0.15, -0.1) is 0 Å². The van der Waals surface area contributed by atoms with Crippen molar-refractivity contribution in [1.82, 2.24) is 15.5 Å². The molecule has 0 atom stereocenters. The lowest BCUT2D eigenvalue weighted by molar-refractivity contribution is -0.120. The molecule has 0 fully saturated rings. The number of thioether (sulfide) groups is 1. The molecule has 0 radical (unpaired) electrons. The van der Waals surface area contributed by atoms with Crippen molar-refractivity contribution < 1.29 is 9.32 Å². The zero-order valence-corrected chi connectivity index (χ0v) is 15.5. The Hall–Kier alpha value is -2.60. The van der Waals surface area contributed by atoms with E-state index in [2.05, 4.69) is 27.6 Å². The highest BCUT2D eigenvalue weighted by molar-refractivity contribution is 7.98. The fourth-order valence-electron chi connectivity index (χ4n) is 2.34. The van der Waals surface area contributed by atoms with E-state index in [-0.39, 0.29) is 12.5 Å². The Balaban J connectivity index is 1.38. The van der Waals surface area contributed by atoms with E-state index >= 15 is 0 Å². The van der Waals surface area contributed by atoms with E-state index in [1.807, 2.05) is 49.4 Å². The van der Waals surface area contributed by atoms with E-state index in [4.69, 9.17) is 4.52 Å². The number of hydrogen-bond donors (Lipinski definition) is 1. The predicted octanol–water partition coefficient (Wildman–Crippen LogP) is 3.98. The number of aromatic nitrogens is 2. The Morgan fingerprint density at radius 3 is 2.65 bits per heavy atom. The monoisotopic (exact) mass is 367 g/mol. The van der Waals surface area contributed by atoms with Gasteiger partial charge in [-0.3, -0.25) is 4.79 Å². The van der Waals surface area contributed by atoms with E-state index in [0.717, 1.165) is 17.1 Å². The van der Waals surface area contributed by atoms with Crippen LogP contribution in [-0.4, -0.2) is 21.8 Å². The fourth-order valence-corrected chi connectivity index (χ4v) is 3.24. The van der Waals surface area contributed by atoms with Gasteiger partial charge in [0.2, 0.25) is 17.6 Å². The van der Waals surface area contributed by atoms with Crippen molar-refractivity contribution >= 4 is 17.7 Å². The van der Waals surface area contributed by atoms with Crippen LogP contribution in [0.3, 0.4) is 0 Å². The molecule has 5 nitrogen and oxygen atoms in total. The van der Waals surface area contributed by atoms with Crippen molar-refractivity contribution in [2.45, 2.75) is 25.6 Å². The van der Waals surface area contributed by atoms with E-state index in [1.54, 1.807) is 11.8 Å². The number of benzene rings is 2. The van der Waals surface area contributed by atoms with Gasteiger partial charge in [-0.1, -0.05) is 65.3 Å². The lowest BCUT2D eigenvalue weighted by Gasteiger charge is -2.03. The van der Waals surface area contributed by atoms with Crippen LogP contribution in [0.4, 0.5) is 0 Å². The summed E-state index contributed by atoms with van der Waals surface area (Å²) in [5.74, 6) is 2.62. The molecule has 0 aliphatic rings. The number of rotatable bonds is 8. The van der Waals surface area contributed by atoms with Crippen LogP contribution in [0.15, 0.2) is 59.1 Å². The highest BCUT2D eigenvalue weighted by Crippen LogP contribution is 2.16. The van der Waals surface area contributed by atoms with Crippen LogP contribution >= 0.6 is 11.8 Å². The topological polar surface area (TPSA) is 68.0 Å². The maximum atomic E-state index is 11.9. The van der Waals surface area contributed by atoms with Gasteiger partial charge in [-0.2, -0.15) is 16.7 Å². The van der Waals surface area contributed by atoms with Crippen LogP contribution in [0.5, 0.6) is 0 Å². The van der Waals surface area contributed by atoms with Gasteiger partial charge in [0.15, 0.2) is 0 Å². The van der Waals surface area contributed by atoms with Crippen LogP contribution in [0, 0.1) is 6.92 Å². The van der Waals surface area contributed by atoms with Crippen molar-refractivity contribution in [3.8, 4) is 11.4 Å². The third-order valence-corrected chi connectivity index (χ3v) is 4.83. The van der Waals surface area contributed by atoms with Crippen LogP contribution in [-0.2, 0) is 17.1 Å². The maximum Gasteiger partial charge on any atom is 0.246 e. The van der Waals surface area contributed by atoms with Gasteiger partial charge in [0.05, 0.1) is 6.54 Å². The van der Waals surface area contributed by atoms with Crippen molar-refractivity contribution in [2.24, 2.45) is 0 Å². The first kappa shape index (κ1) is 18.2.